The van der Waals surface area contributed by atoms with Crippen molar-refractivity contribution in [3.8, 4) is 0 Å². The second-order valence-corrected chi connectivity index (χ2v) is 5.98. The van der Waals surface area contributed by atoms with E-state index in [4.69, 9.17) is 5.73 Å². The second kappa shape index (κ2) is 4.48. The van der Waals surface area contributed by atoms with Crippen molar-refractivity contribution in [3.05, 3.63) is 17.3 Å². The summed E-state index contributed by atoms with van der Waals surface area (Å²) >= 11 is 1.76. The molecule has 0 radical (unpaired) electrons. The Labute approximate surface area is 111 Å². The first kappa shape index (κ1) is 11.9. The first-order chi connectivity index (χ1) is 8.70. The number of nitrogens with two attached hydrogens (primary N) is 1. The lowest BCUT2D eigenvalue weighted by atomic mass is 10.1. The van der Waals surface area contributed by atoms with Crippen molar-refractivity contribution in [2.24, 2.45) is 5.73 Å². The summed E-state index contributed by atoms with van der Waals surface area (Å²) < 4.78 is 0. The van der Waals surface area contributed by atoms with E-state index in [9.17, 15) is 0 Å². The van der Waals surface area contributed by atoms with Crippen LogP contribution in [0.25, 0.3) is 10.2 Å². The molecular formula is C13H18N4S. The highest BCUT2D eigenvalue weighted by molar-refractivity contribution is 7.18. The summed E-state index contributed by atoms with van der Waals surface area (Å²) in [6, 6.07) is 2.83. The van der Waals surface area contributed by atoms with Crippen LogP contribution in [-0.4, -0.2) is 28.6 Å². The van der Waals surface area contributed by atoms with Crippen molar-refractivity contribution < 1.29 is 0 Å². The molecular weight excluding hydrogens is 244 g/mol. The molecule has 1 aliphatic heterocycles. The van der Waals surface area contributed by atoms with Crippen LogP contribution in [0.5, 0.6) is 0 Å². The normalized spacial score (nSPS) is 24.1. The molecule has 18 heavy (non-hydrogen) atoms. The van der Waals surface area contributed by atoms with Gasteiger partial charge in [0.05, 0.1) is 5.39 Å². The average molecular weight is 262 g/mol. The van der Waals surface area contributed by atoms with E-state index < -0.39 is 0 Å². The molecule has 0 spiro atoms. The maximum absolute atomic E-state index is 6.10. The van der Waals surface area contributed by atoms with Crippen LogP contribution in [0.3, 0.4) is 0 Å². The number of fused-ring (bicyclic) bond motifs is 1. The molecule has 2 unspecified atom stereocenters. The zero-order valence-corrected chi connectivity index (χ0v) is 11.6. The van der Waals surface area contributed by atoms with Crippen molar-refractivity contribution in [2.45, 2.75) is 38.8 Å². The summed E-state index contributed by atoms with van der Waals surface area (Å²) in [7, 11) is 0. The number of hydrogen-bond acceptors (Lipinski definition) is 5. The number of aryl methyl sites for hydroxylation is 1. The number of anilines is 1. The van der Waals surface area contributed by atoms with Crippen LogP contribution in [0.15, 0.2) is 12.4 Å². The zero-order valence-electron chi connectivity index (χ0n) is 10.8. The van der Waals surface area contributed by atoms with Gasteiger partial charge in [-0.05, 0) is 25.8 Å². The number of hydrogen-bond donors (Lipinski definition) is 1. The Bertz CT molecular complexity index is 565. The highest BCUT2D eigenvalue weighted by Gasteiger charge is 2.30. The smallest absolute Gasteiger partial charge is 0.141 e. The summed E-state index contributed by atoms with van der Waals surface area (Å²) in [6.45, 7) is 5.34. The third kappa shape index (κ3) is 1.78. The molecule has 1 fully saturated rings. The van der Waals surface area contributed by atoms with Crippen LogP contribution < -0.4 is 10.6 Å². The van der Waals surface area contributed by atoms with Gasteiger partial charge < -0.3 is 10.6 Å². The average Bonchev–Trinajstić information content (AvgIpc) is 2.94. The van der Waals surface area contributed by atoms with Crippen LogP contribution in [0.1, 0.15) is 25.1 Å². The molecule has 0 aromatic carbocycles. The molecule has 0 amide bonds. The van der Waals surface area contributed by atoms with Gasteiger partial charge in [-0.15, -0.1) is 11.3 Å². The van der Waals surface area contributed by atoms with Gasteiger partial charge in [0, 0.05) is 23.5 Å². The lowest BCUT2D eigenvalue weighted by molar-refractivity contribution is 0.622. The molecule has 0 bridgehead atoms. The number of nitrogens with zero attached hydrogens (tertiary/aromatic N) is 3. The van der Waals surface area contributed by atoms with E-state index in [2.05, 4.69) is 34.8 Å². The van der Waals surface area contributed by atoms with Gasteiger partial charge in [-0.1, -0.05) is 6.92 Å². The van der Waals surface area contributed by atoms with Crippen molar-refractivity contribution >= 4 is 27.4 Å². The predicted molar refractivity (Wildman–Crippen MR) is 76.2 cm³/mol. The van der Waals surface area contributed by atoms with Crippen molar-refractivity contribution in [2.75, 3.05) is 11.4 Å². The fourth-order valence-corrected chi connectivity index (χ4v) is 3.49. The van der Waals surface area contributed by atoms with Crippen LogP contribution >= 0.6 is 11.3 Å². The minimum absolute atomic E-state index is 0.249. The first-order valence-electron chi connectivity index (χ1n) is 6.46. The molecule has 2 N–H and O–H groups in total. The highest BCUT2D eigenvalue weighted by atomic mass is 32.1. The standard InChI is InChI=1S/C13H18N4S/c1-3-9-6-10-12(15-7-16-13(10)18-9)17-5-4-11(14)8(17)2/h6-8,11H,3-5,14H2,1-2H3. The quantitative estimate of drug-likeness (QED) is 0.901. The van der Waals surface area contributed by atoms with Crippen molar-refractivity contribution in [1.82, 2.24) is 9.97 Å². The summed E-state index contributed by atoms with van der Waals surface area (Å²) in [4.78, 5) is 13.6. The third-order valence-corrected chi connectivity index (χ3v) is 4.98. The van der Waals surface area contributed by atoms with Gasteiger partial charge in [0.15, 0.2) is 0 Å². The molecule has 2 aromatic rings. The van der Waals surface area contributed by atoms with E-state index in [1.54, 1.807) is 17.7 Å². The van der Waals surface area contributed by atoms with E-state index in [1.165, 1.54) is 10.3 Å². The van der Waals surface area contributed by atoms with Gasteiger partial charge in [0.2, 0.25) is 0 Å². The molecule has 0 saturated carbocycles. The van der Waals surface area contributed by atoms with E-state index in [0.29, 0.717) is 6.04 Å². The number of rotatable bonds is 2. The number of aromatic nitrogens is 2. The van der Waals surface area contributed by atoms with Gasteiger partial charge in [0.25, 0.3) is 0 Å². The van der Waals surface area contributed by atoms with Gasteiger partial charge in [-0.25, -0.2) is 9.97 Å². The first-order valence-corrected chi connectivity index (χ1v) is 7.28. The molecule has 0 aliphatic carbocycles. The fourth-order valence-electron chi connectivity index (χ4n) is 2.56. The lowest BCUT2D eigenvalue weighted by Gasteiger charge is -2.24. The number of thiophene rings is 1. The van der Waals surface area contributed by atoms with Gasteiger partial charge >= 0.3 is 0 Å². The van der Waals surface area contributed by atoms with Crippen LogP contribution in [0.4, 0.5) is 5.82 Å². The lowest BCUT2D eigenvalue weighted by Crippen LogP contribution is -2.37. The summed E-state index contributed by atoms with van der Waals surface area (Å²) in [5, 5.41) is 1.18. The molecule has 1 saturated heterocycles. The van der Waals surface area contributed by atoms with Crippen LogP contribution in [-0.2, 0) is 6.42 Å². The van der Waals surface area contributed by atoms with E-state index >= 15 is 0 Å². The molecule has 1 aliphatic rings. The molecule has 3 rings (SSSR count). The Morgan fingerprint density at radius 3 is 3.00 bits per heavy atom. The Morgan fingerprint density at radius 1 is 1.50 bits per heavy atom. The highest BCUT2D eigenvalue weighted by Crippen LogP contribution is 2.33. The van der Waals surface area contributed by atoms with E-state index in [-0.39, 0.29) is 6.04 Å². The Kier molecular flexibility index (Phi) is 2.95. The predicted octanol–water partition coefficient (Wildman–Crippen LogP) is 2.18. The molecule has 5 heteroatoms. The van der Waals surface area contributed by atoms with E-state index in [0.717, 1.165) is 30.0 Å². The van der Waals surface area contributed by atoms with Gasteiger partial charge in [-0.3, -0.25) is 0 Å². The minimum Gasteiger partial charge on any atom is -0.352 e. The Balaban J connectivity index is 2.08. The van der Waals surface area contributed by atoms with Crippen LogP contribution in [0, 0.1) is 0 Å². The summed E-state index contributed by atoms with van der Waals surface area (Å²) in [6.07, 6.45) is 3.76. The Hall–Kier alpha value is -1.20. The van der Waals surface area contributed by atoms with Gasteiger partial charge in [0.1, 0.15) is 17.0 Å². The zero-order chi connectivity index (χ0) is 12.7. The third-order valence-electron chi connectivity index (χ3n) is 3.79. The van der Waals surface area contributed by atoms with Crippen LogP contribution in [0.2, 0.25) is 0 Å². The largest absolute Gasteiger partial charge is 0.352 e. The van der Waals surface area contributed by atoms with E-state index in [1.807, 2.05) is 0 Å². The van der Waals surface area contributed by atoms with Crippen molar-refractivity contribution in [1.29, 1.82) is 0 Å². The second-order valence-electron chi connectivity index (χ2n) is 4.87. The molecule has 4 nitrogen and oxygen atoms in total. The molecule has 3 heterocycles. The fraction of sp³-hybridized carbons (Fsp3) is 0.538. The topological polar surface area (TPSA) is 55.0 Å². The summed E-state index contributed by atoms with van der Waals surface area (Å²) in [5.74, 6) is 1.05. The minimum atomic E-state index is 0.249. The SMILES string of the molecule is CCc1cc2c(N3CCC(N)C3C)ncnc2s1. The summed E-state index contributed by atoms with van der Waals surface area (Å²) in [5.41, 5.74) is 6.10. The Morgan fingerprint density at radius 2 is 2.33 bits per heavy atom. The van der Waals surface area contributed by atoms with Gasteiger partial charge in [-0.2, -0.15) is 0 Å². The molecule has 96 valence electrons. The maximum atomic E-state index is 6.10. The molecule has 2 aromatic heterocycles. The van der Waals surface area contributed by atoms with Crippen molar-refractivity contribution in [3.63, 3.8) is 0 Å². The maximum Gasteiger partial charge on any atom is 0.141 e. The molecule has 2 atom stereocenters. The monoisotopic (exact) mass is 262 g/mol.